The molecule has 1 unspecified atom stereocenters. The van der Waals surface area contributed by atoms with Crippen LogP contribution in [-0.4, -0.2) is 30.3 Å². The molecule has 0 saturated heterocycles. The predicted octanol–water partition coefficient (Wildman–Crippen LogP) is 6.34. The molecule has 30 heavy (non-hydrogen) atoms. The highest BCUT2D eigenvalue weighted by Gasteiger charge is 2.43. The van der Waals surface area contributed by atoms with Gasteiger partial charge in [-0.15, -0.1) is 0 Å². The van der Waals surface area contributed by atoms with Gasteiger partial charge in [0.25, 0.3) is 0 Å². The van der Waals surface area contributed by atoms with Crippen molar-refractivity contribution in [2.24, 2.45) is 5.10 Å². The van der Waals surface area contributed by atoms with Crippen LogP contribution >= 0.6 is 27.5 Å². The molecule has 3 aromatic carbocycles. The van der Waals surface area contributed by atoms with Gasteiger partial charge in [0.15, 0.2) is 0 Å². The third-order valence-electron chi connectivity index (χ3n) is 5.46. The Morgan fingerprint density at radius 2 is 1.67 bits per heavy atom. The molecule has 0 aliphatic carbocycles. The molecule has 0 N–H and O–H groups in total. The molecule has 1 heterocycles. The van der Waals surface area contributed by atoms with Crippen molar-refractivity contribution < 1.29 is 4.79 Å². The minimum Gasteiger partial charge on any atom is -0.296 e. The van der Waals surface area contributed by atoms with E-state index in [1.54, 1.807) is 17.0 Å². The number of halogens is 2. The Balaban J connectivity index is 1.72. The Morgan fingerprint density at radius 3 is 2.30 bits per heavy atom. The first-order valence-corrected chi connectivity index (χ1v) is 10.8. The zero-order valence-corrected chi connectivity index (χ0v) is 19.1. The smallest absolute Gasteiger partial charge is 0.296 e. The van der Waals surface area contributed by atoms with Crippen LogP contribution in [0, 0.1) is 0 Å². The first kappa shape index (κ1) is 20.6. The third kappa shape index (κ3) is 3.87. The molecule has 1 aliphatic heterocycles. The molecule has 1 atom stereocenters. The van der Waals surface area contributed by atoms with Crippen molar-refractivity contribution >= 4 is 45.0 Å². The molecular formula is C24H21BrClN3O. The zero-order valence-electron chi connectivity index (χ0n) is 16.7. The van der Waals surface area contributed by atoms with Crippen LogP contribution in [0.1, 0.15) is 18.1 Å². The number of urea groups is 1. The van der Waals surface area contributed by atoms with Crippen molar-refractivity contribution in [3.63, 3.8) is 0 Å². The first-order chi connectivity index (χ1) is 14.4. The molecular weight excluding hydrogens is 462 g/mol. The molecule has 0 bridgehead atoms. The van der Waals surface area contributed by atoms with E-state index in [4.69, 9.17) is 16.7 Å². The van der Waals surface area contributed by atoms with Crippen LogP contribution in [0.15, 0.2) is 88.4 Å². The van der Waals surface area contributed by atoms with Crippen molar-refractivity contribution in [1.29, 1.82) is 0 Å². The van der Waals surface area contributed by atoms with E-state index in [1.165, 1.54) is 0 Å². The number of hydrogen-bond acceptors (Lipinski definition) is 2. The molecule has 1 aliphatic rings. The second-order valence-corrected chi connectivity index (χ2v) is 8.88. The fraction of sp³-hybridized carbons (Fsp3) is 0.167. The van der Waals surface area contributed by atoms with Crippen LogP contribution in [0.25, 0.3) is 0 Å². The van der Waals surface area contributed by atoms with Crippen molar-refractivity contribution in [1.82, 2.24) is 5.01 Å². The van der Waals surface area contributed by atoms with Crippen LogP contribution in [0.3, 0.4) is 0 Å². The Bertz CT molecular complexity index is 1080. The van der Waals surface area contributed by atoms with Crippen molar-refractivity contribution in [3.05, 3.63) is 99.5 Å². The van der Waals surface area contributed by atoms with E-state index in [9.17, 15) is 4.79 Å². The van der Waals surface area contributed by atoms with Crippen LogP contribution in [-0.2, 0) is 5.41 Å². The van der Waals surface area contributed by atoms with Crippen molar-refractivity contribution in [2.45, 2.75) is 12.3 Å². The third-order valence-corrected chi connectivity index (χ3v) is 6.24. The summed E-state index contributed by atoms with van der Waals surface area (Å²) in [5.74, 6) is 0. The van der Waals surface area contributed by atoms with E-state index >= 15 is 0 Å². The van der Waals surface area contributed by atoms with Gasteiger partial charge in [-0.25, -0.2) is 9.80 Å². The fourth-order valence-corrected chi connectivity index (χ4v) is 4.11. The largest absolute Gasteiger partial charge is 0.344 e. The second kappa shape index (κ2) is 8.25. The summed E-state index contributed by atoms with van der Waals surface area (Å²) >= 11 is 9.52. The molecule has 4 rings (SSSR count). The number of anilines is 1. The summed E-state index contributed by atoms with van der Waals surface area (Å²) in [6.45, 7) is 2.58. The minimum absolute atomic E-state index is 0.177. The Kier molecular flexibility index (Phi) is 5.67. The highest BCUT2D eigenvalue weighted by molar-refractivity contribution is 9.10. The number of benzene rings is 3. The molecule has 0 saturated carbocycles. The standard InChI is InChI=1S/C24H21BrClN3O/c1-24(18-6-4-3-5-7-18)16-29(27-22(24)17-8-12-20(26)13-9-17)23(30)28(2)21-14-10-19(25)11-15-21/h3-15H,16H2,1-2H3. The maximum atomic E-state index is 13.3. The Morgan fingerprint density at radius 1 is 1.03 bits per heavy atom. The highest BCUT2D eigenvalue weighted by atomic mass is 79.9. The van der Waals surface area contributed by atoms with Crippen molar-refractivity contribution in [3.8, 4) is 0 Å². The number of hydrogen-bond donors (Lipinski definition) is 0. The van der Waals surface area contributed by atoms with Gasteiger partial charge in [-0.3, -0.25) is 4.90 Å². The number of hydrazone groups is 1. The Hall–Kier alpha value is -2.63. The lowest BCUT2D eigenvalue weighted by molar-refractivity contribution is 0.208. The minimum atomic E-state index is -0.439. The summed E-state index contributed by atoms with van der Waals surface area (Å²) in [6.07, 6.45) is 0. The van der Waals surface area contributed by atoms with Gasteiger partial charge in [0, 0.05) is 22.2 Å². The maximum absolute atomic E-state index is 13.3. The topological polar surface area (TPSA) is 35.9 Å². The average Bonchev–Trinajstić information content (AvgIpc) is 3.13. The molecule has 2 amide bonds. The van der Waals surface area contributed by atoms with Crippen LogP contribution in [0.5, 0.6) is 0 Å². The highest BCUT2D eigenvalue weighted by Crippen LogP contribution is 2.36. The predicted molar refractivity (Wildman–Crippen MR) is 126 cm³/mol. The number of amides is 2. The first-order valence-electron chi connectivity index (χ1n) is 9.60. The summed E-state index contributed by atoms with van der Waals surface area (Å²) in [5.41, 5.74) is 3.28. The van der Waals surface area contributed by atoms with Gasteiger partial charge >= 0.3 is 6.03 Å². The number of nitrogens with zero attached hydrogens (tertiary/aromatic N) is 3. The summed E-state index contributed by atoms with van der Waals surface area (Å²) < 4.78 is 0.966. The van der Waals surface area contributed by atoms with Gasteiger partial charge in [0.05, 0.1) is 17.7 Å². The van der Waals surface area contributed by atoms with E-state index in [-0.39, 0.29) is 6.03 Å². The molecule has 0 aromatic heterocycles. The van der Waals surface area contributed by atoms with E-state index in [1.807, 2.05) is 66.7 Å². The van der Waals surface area contributed by atoms with E-state index < -0.39 is 5.41 Å². The molecule has 0 radical (unpaired) electrons. The van der Waals surface area contributed by atoms with E-state index in [2.05, 4.69) is 35.0 Å². The number of carbonyl (C=O) groups is 1. The lowest BCUT2D eigenvalue weighted by atomic mass is 9.76. The normalized spacial score (nSPS) is 18.3. The molecule has 0 fully saturated rings. The van der Waals surface area contributed by atoms with E-state index in [0.29, 0.717) is 11.6 Å². The maximum Gasteiger partial charge on any atom is 0.344 e. The van der Waals surface area contributed by atoms with Gasteiger partial charge < -0.3 is 0 Å². The SMILES string of the molecule is CN(C(=O)N1CC(C)(c2ccccc2)C(c2ccc(Cl)cc2)=N1)c1ccc(Br)cc1. The van der Waals surface area contributed by atoms with Crippen LogP contribution < -0.4 is 4.90 Å². The van der Waals surface area contributed by atoms with Gasteiger partial charge in [0.1, 0.15) is 0 Å². The van der Waals surface area contributed by atoms with Crippen molar-refractivity contribution in [2.75, 3.05) is 18.5 Å². The number of carbonyl (C=O) groups excluding carboxylic acids is 1. The second-order valence-electron chi connectivity index (χ2n) is 7.53. The van der Waals surface area contributed by atoms with Gasteiger partial charge in [-0.05, 0) is 54.4 Å². The molecule has 6 heteroatoms. The summed E-state index contributed by atoms with van der Waals surface area (Å²) in [7, 11) is 1.77. The van der Waals surface area contributed by atoms with Gasteiger partial charge in [-0.2, -0.15) is 5.10 Å². The molecule has 0 spiro atoms. The fourth-order valence-electron chi connectivity index (χ4n) is 3.72. The van der Waals surface area contributed by atoms with Crippen LogP contribution in [0.4, 0.5) is 10.5 Å². The number of rotatable bonds is 3. The zero-order chi connectivity index (χ0) is 21.3. The quantitative estimate of drug-likeness (QED) is 0.429. The average molecular weight is 483 g/mol. The van der Waals surface area contributed by atoms with Gasteiger partial charge in [-0.1, -0.05) is 70.0 Å². The summed E-state index contributed by atoms with van der Waals surface area (Å²) in [6, 6.07) is 25.2. The van der Waals surface area contributed by atoms with E-state index in [0.717, 1.165) is 27.0 Å². The lowest BCUT2D eigenvalue weighted by Gasteiger charge is -2.28. The Labute approximate surface area is 189 Å². The molecule has 4 nitrogen and oxygen atoms in total. The summed E-state index contributed by atoms with van der Waals surface area (Å²) in [5, 5.41) is 7.01. The lowest BCUT2D eigenvalue weighted by Crippen LogP contribution is -2.42. The molecule has 152 valence electrons. The van der Waals surface area contributed by atoms with Gasteiger partial charge in [0.2, 0.25) is 0 Å². The van der Waals surface area contributed by atoms with Crippen LogP contribution in [0.2, 0.25) is 5.02 Å². The molecule has 3 aromatic rings. The monoisotopic (exact) mass is 481 g/mol. The summed E-state index contributed by atoms with van der Waals surface area (Å²) in [4.78, 5) is 14.9.